The maximum atomic E-state index is 12.6. The van der Waals surface area contributed by atoms with E-state index in [4.69, 9.17) is 0 Å². The molecule has 2 rings (SSSR count). The number of nitrogens with zero attached hydrogens (tertiary/aromatic N) is 1. The summed E-state index contributed by atoms with van der Waals surface area (Å²) in [6.07, 6.45) is 3.53. The third-order valence-corrected chi connectivity index (χ3v) is 5.94. The van der Waals surface area contributed by atoms with Gasteiger partial charge in [-0.05, 0) is 43.9 Å². The van der Waals surface area contributed by atoms with Crippen molar-refractivity contribution in [3.8, 4) is 0 Å². The first-order valence-corrected chi connectivity index (χ1v) is 8.98. The predicted octanol–water partition coefficient (Wildman–Crippen LogP) is 2.63. The van der Waals surface area contributed by atoms with E-state index >= 15 is 0 Å². The smallest absolute Gasteiger partial charge is 0.243 e. The lowest BCUT2D eigenvalue weighted by atomic mass is 9.96. The van der Waals surface area contributed by atoms with Crippen LogP contribution in [0.2, 0.25) is 0 Å². The van der Waals surface area contributed by atoms with Crippen molar-refractivity contribution in [3.63, 3.8) is 0 Å². The first-order valence-electron chi connectivity index (χ1n) is 7.54. The van der Waals surface area contributed by atoms with E-state index in [1.807, 2.05) is 12.1 Å². The molecule has 1 fully saturated rings. The Kier molecular flexibility index (Phi) is 5.17. The van der Waals surface area contributed by atoms with E-state index in [0.717, 1.165) is 31.2 Å². The number of rotatable bonds is 5. The first-order chi connectivity index (χ1) is 9.95. The molecule has 1 aliphatic heterocycles. The first kappa shape index (κ1) is 16.2. The van der Waals surface area contributed by atoms with E-state index in [0.29, 0.717) is 18.0 Å². The molecular weight excluding hydrogens is 286 g/mol. The van der Waals surface area contributed by atoms with E-state index in [-0.39, 0.29) is 11.7 Å². The average Bonchev–Trinajstić information content (AvgIpc) is 2.48. The van der Waals surface area contributed by atoms with Crippen molar-refractivity contribution in [3.05, 3.63) is 29.8 Å². The Labute approximate surface area is 127 Å². The molecule has 1 atom stereocenters. The molecular formula is C16H23NO3S. The van der Waals surface area contributed by atoms with Crippen molar-refractivity contribution < 1.29 is 13.2 Å². The van der Waals surface area contributed by atoms with Gasteiger partial charge < -0.3 is 0 Å². The molecule has 0 N–H and O–H groups in total. The van der Waals surface area contributed by atoms with Crippen LogP contribution in [0.4, 0.5) is 0 Å². The molecule has 1 heterocycles. The van der Waals surface area contributed by atoms with E-state index in [1.54, 1.807) is 19.1 Å². The number of sulfonamides is 1. The Morgan fingerprint density at radius 2 is 1.95 bits per heavy atom. The normalized spacial score (nSPS) is 20.4. The standard InChI is InChI=1S/C16H23NO3S/c1-3-5-14-7-9-16(10-8-14)21(19,20)17-11-4-6-15(12-17)13(2)18/h7-10,15H,3-6,11-12H2,1-2H3. The summed E-state index contributed by atoms with van der Waals surface area (Å²) in [6.45, 7) is 4.46. The third kappa shape index (κ3) is 3.71. The van der Waals surface area contributed by atoms with Gasteiger partial charge in [0, 0.05) is 19.0 Å². The van der Waals surface area contributed by atoms with E-state index in [2.05, 4.69) is 6.92 Å². The van der Waals surface area contributed by atoms with Gasteiger partial charge in [-0.2, -0.15) is 4.31 Å². The van der Waals surface area contributed by atoms with Crippen LogP contribution in [-0.2, 0) is 21.2 Å². The fraction of sp³-hybridized carbons (Fsp3) is 0.562. The molecule has 0 saturated carbocycles. The highest BCUT2D eigenvalue weighted by Crippen LogP contribution is 2.24. The fourth-order valence-corrected chi connectivity index (χ4v) is 4.28. The quantitative estimate of drug-likeness (QED) is 0.840. The molecule has 1 saturated heterocycles. The zero-order valence-corrected chi connectivity index (χ0v) is 13.5. The number of carbonyl (C=O) groups excluding carboxylic acids is 1. The molecule has 116 valence electrons. The fourth-order valence-electron chi connectivity index (χ4n) is 2.76. The molecule has 1 unspecified atom stereocenters. The van der Waals surface area contributed by atoms with Crippen molar-refractivity contribution in [1.82, 2.24) is 4.31 Å². The topological polar surface area (TPSA) is 54.5 Å². The average molecular weight is 309 g/mol. The summed E-state index contributed by atoms with van der Waals surface area (Å²) in [7, 11) is -3.48. The maximum Gasteiger partial charge on any atom is 0.243 e. The number of benzene rings is 1. The molecule has 1 aliphatic rings. The van der Waals surface area contributed by atoms with Gasteiger partial charge in [0.15, 0.2) is 0 Å². The van der Waals surface area contributed by atoms with Gasteiger partial charge in [-0.25, -0.2) is 8.42 Å². The molecule has 1 aromatic carbocycles. The lowest BCUT2D eigenvalue weighted by Crippen LogP contribution is -2.41. The molecule has 0 spiro atoms. The molecule has 4 nitrogen and oxygen atoms in total. The maximum absolute atomic E-state index is 12.6. The number of aryl methyl sites for hydroxylation is 1. The molecule has 0 radical (unpaired) electrons. The predicted molar refractivity (Wildman–Crippen MR) is 82.6 cm³/mol. The largest absolute Gasteiger partial charge is 0.300 e. The van der Waals surface area contributed by atoms with Crippen molar-refractivity contribution in [2.24, 2.45) is 5.92 Å². The highest BCUT2D eigenvalue weighted by Gasteiger charge is 2.31. The van der Waals surface area contributed by atoms with Crippen LogP contribution in [0.1, 0.15) is 38.7 Å². The van der Waals surface area contributed by atoms with Crippen molar-refractivity contribution in [2.75, 3.05) is 13.1 Å². The summed E-state index contributed by atoms with van der Waals surface area (Å²) < 4.78 is 26.7. The van der Waals surface area contributed by atoms with E-state index in [9.17, 15) is 13.2 Å². The van der Waals surface area contributed by atoms with Gasteiger partial charge in [0.25, 0.3) is 0 Å². The minimum absolute atomic E-state index is 0.0770. The van der Waals surface area contributed by atoms with Crippen molar-refractivity contribution in [2.45, 2.75) is 44.4 Å². The summed E-state index contributed by atoms with van der Waals surface area (Å²) in [6, 6.07) is 7.11. The number of piperidine rings is 1. The van der Waals surface area contributed by atoms with Gasteiger partial charge in [0.05, 0.1) is 4.90 Å². The van der Waals surface area contributed by atoms with Crippen LogP contribution < -0.4 is 0 Å². The number of Topliss-reactive ketones (excluding diaryl/α,β-unsaturated/α-hetero) is 1. The molecule has 21 heavy (non-hydrogen) atoms. The van der Waals surface area contributed by atoms with Gasteiger partial charge >= 0.3 is 0 Å². The second-order valence-corrected chi connectivity index (χ2v) is 7.64. The zero-order valence-electron chi connectivity index (χ0n) is 12.7. The Hall–Kier alpha value is -1.20. The minimum Gasteiger partial charge on any atom is -0.300 e. The number of carbonyl (C=O) groups is 1. The lowest BCUT2D eigenvalue weighted by Gasteiger charge is -2.30. The Balaban J connectivity index is 2.18. The van der Waals surface area contributed by atoms with E-state index in [1.165, 1.54) is 4.31 Å². The summed E-state index contributed by atoms with van der Waals surface area (Å²) in [5.41, 5.74) is 1.15. The van der Waals surface area contributed by atoms with Crippen molar-refractivity contribution in [1.29, 1.82) is 0 Å². The second-order valence-electron chi connectivity index (χ2n) is 5.71. The molecule has 1 aromatic rings. The van der Waals surface area contributed by atoms with Crippen LogP contribution >= 0.6 is 0 Å². The number of hydrogen-bond acceptors (Lipinski definition) is 3. The second kappa shape index (κ2) is 6.71. The minimum atomic E-state index is -3.48. The van der Waals surface area contributed by atoms with Crippen LogP contribution in [0.25, 0.3) is 0 Å². The summed E-state index contributed by atoms with van der Waals surface area (Å²) in [5.74, 6) is -0.0823. The summed E-state index contributed by atoms with van der Waals surface area (Å²) in [5, 5.41) is 0. The molecule has 5 heteroatoms. The van der Waals surface area contributed by atoms with E-state index < -0.39 is 10.0 Å². The van der Waals surface area contributed by atoms with Gasteiger partial charge in [0.2, 0.25) is 10.0 Å². The highest BCUT2D eigenvalue weighted by atomic mass is 32.2. The molecule has 0 bridgehead atoms. The van der Waals surface area contributed by atoms with Gasteiger partial charge in [-0.15, -0.1) is 0 Å². The Bertz CT molecular complexity index is 592. The molecule has 0 aliphatic carbocycles. The van der Waals surface area contributed by atoms with Gasteiger partial charge in [-0.1, -0.05) is 25.5 Å². The van der Waals surface area contributed by atoms with Crippen LogP contribution in [0.3, 0.4) is 0 Å². The van der Waals surface area contributed by atoms with Crippen LogP contribution in [0.15, 0.2) is 29.2 Å². The van der Waals surface area contributed by atoms with Gasteiger partial charge in [0.1, 0.15) is 5.78 Å². The zero-order chi connectivity index (χ0) is 15.5. The summed E-state index contributed by atoms with van der Waals surface area (Å²) >= 11 is 0. The van der Waals surface area contributed by atoms with Crippen LogP contribution in [-0.4, -0.2) is 31.6 Å². The SMILES string of the molecule is CCCc1ccc(S(=O)(=O)N2CCCC(C(C)=O)C2)cc1. The Morgan fingerprint density at radius 3 is 2.52 bits per heavy atom. The summed E-state index contributed by atoms with van der Waals surface area (Å²) in [4.78, 5) is 11.8. The Morgan fingerprint density at radius 1 is 1.29 bits per heavy atom. The van der Waals surface area contributed by atoms with Crippen LogP contribution in [0.5, 0.6) is 0 Å². The lowest BCUT2D eigenvalue weighted by molar-refractivity contribution is -0.121. The molecule has 0 aromatic heterocycles. The molecule has 0 amide bonds. The number of ketones is 1. The van der Waals surface area contributed by atoms with Gasteiger partial charge in [-0.3, -0.25) is 4.79 Å². The third-order valence-electron chi connectivity index (χ3n) is 4.06. The highest BCUT2D eigenvalue weighted by molar-refractivity contribution is 7.89. The van der Waals surface area contributed by atoms with Crippen molar-refractivity contribution >= 4 is 15.8 Å². The number of hydrogen-bond donors (Lipinski definition) is 0. The monoisotopic (exact) mass is 309 g/mol. The van der Waals surface area contributed by atoms with Crippen LogP contribution in [0, 0.1) is 5.92 Å².